The number of amides is 3. The van der Waals surface area contributed by atoms with Crippen molar-refractivity contribution in [2.75, 3.05) is 25.0 Å². The van der Waals surface area contributed by atoms with Gasteiger partial charge in [-0.15, -0.1) is 0 Å². The van der Waals surface area contributed by atoms with Gasteiger partial charge in [0.05, 0.1) is 12.6 Å². The Balaban J connectivity index is 1.51. The standard InChI is InChI=1S/C29H32N4O5/c1-21(34)27(29(37)32-38)31-28(36)24-14-10-22(11-15-24)8-4-5-9-23-12-16-25(17-13-23)30-26(35)20-33-18-6-2-3-7-19-33/h10-17,21,27,34,38H,2-3,6-7,18-20H2,1H3,(H,30,35)(H,31,36)(H,32,37)/t21-,27+/m1/s1. The Morgan fingerprint density at radius 3 is 1.97 bits per heavy atom. The molecule has 1 saturated heterocycles. The third kappa shape index (κ3) is 9.06. The van der Waals surface area contributed by atoms with Crippen LogP contribution in [0.2, 0.25) is 0 Å². The van der Waals surface area contributed by atoms with Gasteiger partial charge in [0.2, 0.25) is 5.91 Å². The van der Waals surface area contributed by atoms with E-state index in [1.807, 2.05) is 24.3 Å². The van der Waals surface area contributed by atoms with Crippen molar-refractivity contribution in [1.29, 1.82) is 0 Å². The number of carbonyl (C=O) groups excluding carboxylic acids is 3. The maximum absolute atomic E-state index is 12.3. The number of nitrogens with zero attached hydrogens (tertiary/aromatic N) is 1. The Bertz CT molecular complexity index is 1230. The minimum absolute atomic E-state index is 0.0153. The molecule has 198 valence electrons. The number of hydrogen-bond acceptors (Lipinski definition) is 6. The number of nitrogens with one attached hydrogen (secondary N) is 3. The van der Waals surface area contributed by atoms with Crippen LogP contribution in [0.25, 0.3) is 0 Å². The minimum Gasteiger partial charge on any atom is -0.391 e. The van der Waals surface area contributed by atoms with Crippen molar-refractivity contribution < 1.29 is 24.7 Å². The SMILES string of the molecule is C[C@@H](O)[C@H](NC(=O)c1ccc(C#CC#Cc2ccc(NC(=O)CN3CCCCCC3)cc2)cc1)C(=O)NO. The highest BCUT2D eigenvalue weighted by Gasteiger charge is 2.25. The van der Waals surface area contributed by atoms with Gasteiger partial charge in [-0.2, -0.15) is 0 Å². The van der Waals surface area contributed by atoms with Crippen molar-refractivity contribution >= 4 is 23.4 Å². The van der Waals surface area contributed by atoms with E-state index in [-0.39, 0.29) is 11.5 Å². The zero-order chi connectivity index (χ0) is 27.3. The molecule has 0 bridgehead atoms. The number of likely N-dealkylation sites (tertiary alicyclic amines) is 1. The van der Waals surface area contributed by atoms with E-state index in [1.165, 1.54) is 37.4 Å². The number of benzene rings is 2. The summed E-state index contributed by atoms with van der Waals surface area (Å²) in [5.74, 6) is 9.88. The van der Waals surface area contributed by atoms with Crippen LogP contribution in [0.4, 0.5) is 5.69 Å². The topological polar surface area (TPSA) is 131 Å². The van der Waals surface area contributed by atoms with E-state index < -0.39 is 24.0 Å². The quantitative estimate of drug-likeness (QED) is 0.217. The van der Waals surface area contributed by atoms with Gasteiger partial charge in [0.15, 0.2) is 0 Å². The largest absolute Gasteiger partial charge is 0.391 e. The summed E-state index contributed by atoms with van der Waals surface area (Å²) in [7, 11) is 0. The highest BCUT2D eigenvalue weighted by molar-refractivity contribution is 5.97. The first-order valence-electron chi connectivity index (χ1n) is 12.5. The van der Waals surface area contributed by atoms with Gasteiger partial charge < -0.3 is 15.7 Å². The van der Waals surface area contributed by atoms with Gasteiger partial charge in [0, 0.05) is 22.4 Å². The fraction of sp³-hybridized carbons (Fsp3) is 0.345. The van der Waals surface area contributed by atoms with Crippen molar-refractivity contribution in [1.82, 2.24) is 15.7 Å². The predicted octanol–water partition coefficient (Wildman–Crippen LogP) is 1.89. The molecule has 0 unspecified atom stereocenters. The normalized spacial score (nSPS) is 14.8. The Labute approximate surface area is 222 Å². The van der Waals surface area contributed by atoms with Gasteiger partial charge >= 0.3 is 0 Å². The maximum Gasteiger partial charge on any atom is 0.268 e. The lowest BCUT2D eigenvalue weighted by Gasteiger charge is -2.19. The lowest BCUT2D eigenvalue weighted by Crippen LogP contribution is -2.51. The van der Waals surface area contributed by atoms with Crippen LogP contribution in [0.15, 0.2) is 48.5 Å². The summed E-state index contributed by atoms with van der Waals surface area (Å²) < 4.78 is 0. The van der Waals surface area contributed by atoms with Crippen molar-refractivity contribution in [3.05, 3.63) is 65.2 Å². The molecule has 9 nitrogen and oxygen atoms in total. The summed E-state index contributed by atoms with van der Waals surface area (Å²) in [5.41, 5.74) is 3.80. The summed E-state index contributed by atoms with van der Waals surface area (Å²) in [6.45, 7) is 3.67. The zero-order valence-electron chi connectivity index (χ0n) is 21.3. The Morgan fingerprint density at radius 1 is 0.895 bits per heavy atom. The van der Waals surface area contributed by atoms with E-state index in [1.54, 1.807) is 12.1 Å². The first-order valence-corrected chi connectivity index (χ1v) is 12.5. The van der Waals surface area contributed by atoms with Crippen molar-refractivity contribution in [3.8, 4) is 23.7 Å². The molecule has 0 aliphatic carbocycles. The highest BCUT2D eigenvalue weighted by atomic mass is 16.5. The average molecular weight is 517 g/mol. The summed E-state index contributed by atoms with van der Waals surface area (Å²) >= 11 is 0. The summed E-state index contributed by atoms with van der Waals surface area (Å²) in [6.07, 6.45) is 3.56. The summed E-state index contributed by atoms with van der Waals surface area (Å²) in [4.78, 5) is 38.4. The number of hydrogen-bond donors (Lipinski definition) is 5. The molecular formula is C29H32N4O5. The van der Waals surface area contributed by atoms with Crippen molar-refractivity contribution in [3.63, 3.8) is 0 Å². The second kappa shape index (κ2) is 14.6. The van der Waals surface area contributed by atoms with E-state index in [0.717, 1.165) is 37.2 Å². The molecule has 1 aliphatic rings. The van der Waals surface area contributed by atoms with Gasteiger partial charge in [-0.3, -0.25) is 24.5 Å². The number of aliphatic hydroxyl groups is 1. The van der Waals surface area contributed by atoms with E-state index >= 15 is 0 Å². The van der Waals surface area contributed by atoms with Gasteiger partial charge in [0.25, 0.3) is 11.8 Å². The molecule has 38 heavy (non-hydrogen) atoms. The van der Waals surface area contributed by atoms with Crippen LogP contribution in [0.3, 0.4) is 0 Å². The van der Waals surface area contributed by atoms with E-state index in [9.17, 15) is 19.5 Å². The Morgan fingerprint density at radius 2 is 1.45 bits per heavy atom. The maximum atomic E-state index is 12.3. The molecule has 5 N–H and O–H groups in total. The predicted molar refractivity (Wildman–Crippen MR) is 143 cm³/mol. The average Bonchev–Trinajstić information content (AvgIpc) is 3.18. The number of carbonyl (C=O) groups is 3. The highest BCUT2D eigenvalue weighted by Crippen LogP contribution is 2.12. The van der Waals surface area contributed by atoms with Crippen LogP contribution in [0, 0.1) is 23.7 Å². The smallest absolute Gasteiger partial charge is 0.268 e. The second-order valence-electron chi connectivity index (χ2n) is 9.06. The van der Waals surface area contributed by atoms with Gasteiger partial charge in [-0.1, -0.05) is 24.7 Å². The molecule has 0 radical (unpaired) electrons. The third-order valence-electron chi connectivity index (χ3n) is 6.02. The van der Waals surface area contributed by atoms with Crippen LogP contribution >= 0.6 is 0 Å². The molecule has 1 fully saturated rings. The van der Waals surface area contributed by atoms with E-state index in [2.05, 4.69) is 39.2 Å². The van der Waals surface area contributed by atoms with Crippen LogP contribution in [0.5, 0.6) is 0 Å². The molecule has 2 atom stereocenters. The van der Waals surface area contributed by atoms with Gasteiger partial charge in [0.1, 0.15) is 6.04 Å². The zero-order valence-corrected chi connectivity index (χ0v) is 21.3. The van der Waals surface area contributed by atoms with Gasteiger partial charge in [-0.05, 0) is 93.2 Å². The second-order valence-corrected chi connectivity index (χ2v) is 9.06. The molecule has 3 amide bonds. The first-order chi connectivity index (χ1) is 18.4. The third-order valence-corrected chi connectivity index (χ3v) is 6.02. The number of anilines is 1. The number of hydroxylamine groups is 1. The molecule has 9 heteroatoms. The summed E-state index contributed by atoms with van der Waals surface area (Å²) in [5, 5.41) is 23.7. The molecule has 1 aliphatic heterocycles. The number of aliphatic hydroxyl groups excluding tert-OH is 1. The molecule has 0 saturated carbocycles. The Kier molecular flexibility index (Phi) is 10.9. The van der Waals surface area contributed by atoms with E-state index in [4.69, 9.17) is 5.21 Å². The van der Waals surface area contributed by atoms with Crippen LogP contribution in [0.1, 0.15) is 54.1 Å². The monoisotopic (exact) mass is 516 g/mol. The lowest BCUT2D eigenvalue weighted by atomic mass is 10.1. The molecule has 2 aromatic carbocycles. The van der Waals surface area contributed by atoms with E-state index in [0.29, 0.717) is 12.1 Å². The number of rotatable bonds is 7. The molecule has 0 spiro atoms. The Hall–Kier alpha value is -4.15. The fourth-order valence-corrected chi connectivity index (χ4v) is 3.95. The molecule has 2 aromatic rings. The van der Waals surface area contributed by atoms with Crippen molar-refractivity contribution in [2.24, 2.45) is 0 Å². The van der Waals surface area contributed by atoms with Crippen LogP contribution in [-0.2, 0) is 9.59 Å². The molecule has 3 rings (SSSR count). The molecule has 1 heterocycles. The fourth-order valence-electron chi connectivity index (χ4n) is 3.95. The van der Waals surface area contributed by atoms with Crippen LogP contribution < -0.4 is 16.1 Å². The minimum atomic E-state index is -1.29. The lowest BCUT2D eigenvalue weighted by molar-refractivity contribution is -0.133. The van der Waals surface area contributed by atoms with Crippen molar-refractivity contribution in [2.45, 2.75) is 44.8 Å². The molecular weight excluding hydrogens is 484 g/mol. The van der Waals surface area contributed by atoms with Crippen LogP contribution in [-0.4, -0.2) is 64.7 Å². The van der Waals surface area contributed by atoms with Gasteiger partial charge in [-0.25, -0.2) is 5.48 Å². The summed E-state index contributed by atoms with van der Waals surface area (Å²) in [6, 6.07) is 12.3. The molecule has 0 aromatic heterocycles. The first kappa shape index (κ1) is 28.4.